The van der Waals surface area contributed by atoms with E-state index in [4.69, 9.17) is 4.98 Å². The van der Waals surface area contributed by atoms with Crippen molar-refractivity contribution < 1.29 is 0 Å². The number of hydrogen-bond donors (Lipinski definition) is 0. The van der Waals surface area contributed by atoms with E-state index < -0.39 is 0 Å². The van der Waals surface area contributed by atoms with E-state index in [2.05, 4.69) is 66.2 Å². The van der Waals surface area contributed by atoms with Gasteiger partial charge in [-0.3, -0.25) is 0 Å². The van der Waals surface area contributed by atoms with Crippen molar-refractivity contribution in [1.29, 1.82) is 0 Å². The van der Waals surface area contributed by atoms with Crippen molar-refractivity contribution in [2.45, 2.75) is 0 Å². The second kappa shape index (κ2) is 4.20. The molecule has 2 aromatic carbocycles. The fourth-order valence-electron chi connectivity index (χ4n) is 2.74. The Kier molecular flexibility index (Phi) is 2.36. The Morgan fingerprint density at radius 3 is 2.40 bits per heavy atom. The minimum Gasteiger partial charge on any atom is -0.342 e. The number of aryl methyl sites for hydroxylation is 1. The molecule has 0 N–H and O–H groups in total. The number of benzene rings is 2. The molecule has 0 aliphatic rings. The average molecular weight is 258 g/mol. The largest absolute Gasteiger partial charge is 0.342 e. The summed E-state index contributed by atoms with van der Waals surface area (Å²) in [5.41, 5.74) is 4.44. The molecule has 4 rings (SSSR count). The molecule has 0 radical (unpaired) electrons. The maximum absolute atomic E-state index is 4.78. The number of rotatable bonds is 1. The second-order valence-corrected chi connectivity index (χ2v) is 5.04. The Bertz CT molecular complexity index is 919. The lowest BCUT2D eigenvalue weighted by atomic mass is 10.2. The molecule has 2 nitrogen and oxygen atoms in total. The zero-order valence-corrected chi connectivity index (χ0v) is 11.2. The zero-order chi connectivity index (χ0) is 13.5. The van der Waals surface area contributed by atoms with Gasteiger partial charge in [-0.25, -0.2) is 4.98 Å². The molecular weight excluding hydrogens is 244 g/mol. The summed E-state index contributed by atoms with van der Waals surface area (Å²) in [6.07, 6.45) is 0. The van der Waals surface area contributed by atoms with Gasteiger partial charge < -0.3 is 4.57 Å². The molecule has 0 amide bonds. The van der Waals surface area contributed by atoms with E-state index in [9.17, 15) is 0 Å². The summed E-state index contributed by atoms with van der Waals surface area (Å²) < 4.78 is 2.20. The minimum absolute atomic E-state index is 1.02. The van der Waals surface area contributed by atoms with Gasteiger partial charge in [-0.15, -0.1) is 0 Å². The third-order valence-electron chi connectivity index (χ3n) is 3.81. The summed E-state index contributed by atoms with van der Waals surface area (Å²) in [5, 5.41) is 2.43. The van der Waals surface area contributed by atoms with Crippen LogP contribution in [0.15, 0.2) is 66.7 Å². The van der Waals surface area contributed by atoms with Gasteiger partial charge in [0.2, 0.25) is 0 Å². The molecule has 2 aromatic heterocycles. The number of pyridine rings is 1. The average Bonchev–Trinajstić information content (AvgIpc) is 2.84. The molecule has 0 saturated carbocycles. The standard InChI is InChI=1S/C18H14N2/c1-20-17-9-5-3-7-14(17)12-18(20)16-11-10-13-6-2-4-8-15(13)19-16/h2-12H,1H3. The van der Waals surface area contributed by atoms with Crippen LogP contribution in [0.25, 0.3) is 33.2 Å². The van der Waals surface area contributed by atoms with Gasteiger partial charge in [0.25, 0.3) is 0 Å². The summed E-state index contributed by atoms with van der Waals surface area (Å²) in [6, 6.07) is 23.1. The van der Waals surface area contributed by atoms with Crippen molar-refractivity contribution in [3.8, 4) is 11.4 Å². The summed E-state index contributed by atoms with van der Waals surface area (Å²) in [7, 11) is 2.09. The summed E-state index contributed by atoms with van der Waals surface area (Å²) >= 11 is 0. The maximum atomic E-state index is 4.78. The first-order valence-electron chi connectivity index (χ1n) is 6.73. The number of fused-ring (bicyclic) bond motifs is 2. The molecule has 0 bridgehead atoms. The SMILES string of the molecule is Cn1c(-c2ccc3ccccc3n2)cc2ccccc21. The zero-order valence-electron chi connectivity index (χ0n) is 11.2. The highest BCUT2D eigenvalue weighted by atomic mass is 15.0. The van der Waals surface area contributed by atoms with Crippen LogP contribution in [0.3, 0.4) is 0 Å². The molecule has 0 unspecified atom stereocenters. The lowest BCUT2D eigenvalue weighted by Gasteiger charge is -2.05. The molecule has 2 heteroatoms. The lowest BCUT2D eigenvalue weighted by molar-refractivity contribution is 0.972. The highest BCUT2D eigenvalue weighted by molar-refractivity contribution is 5.88. The summed E-state index contributed by atoms with van der Waals surface area (Å²) in [6.45, 7) is 0. The number of nitrogens with zero attached hydrogens (tertiary/aromatic N) is 2. The normalized spacial score (nSPS) is 11.2. The molecule has 20 heavy (non-hydrogen) atoms. The first-order chi connectivity index (χ1) is 9.83. The number of hydrogen-bond acceptors (Lipinski definition) is 1. The topological polar surface area (TPSA) is 17.8 Å². The van der Waals surface area contributed by atoms with E-state index in [-0.39, 0.29) is 0 Å². The van der Waals surface area contributed by atoms with Gasteiger partial charge in [-0.1, -0.05) is 42.5 Å². The Hall–Kier alpha value is -2.61. The summed E-state index contributed by atoms with van der Waals surface area (Å²) in [4.78, 5) is 4.78. The predicted octanol–water partition coefficient (Wildman–Crippen LogP) is 4.39. The van der Waals surface area contributed by atoms with E-state index in [0.717, 1.165) is 16.9 Å². The Morgan fingerprint density at radius 1 is 0.800 bits per heavy atom. The number of aromatic nitrogens is 2. The van der Waals surface area contributed by atoms with Crippen molar-refractivity contribution in [3.05, 3.63) is 66.7 Å². The predicted molar refractivity (Wildman–Crippen MR) is 83.7 cm³/mol. The van der Waals surface area contributed by atoms with E-state index >= 15 is 0 Å². The third kappa shape index (κ3) is 1.62. The van der Waals surface area contributed by atoms with Gasteiger partial charge in [0.15, 0.2) is 0 Å². The van der Waals surface area contributed by atoms with Crippen LogP contribution >= 0.6 is 0 Å². The molecule has 96 valence electrons. The van der Waals surface area contributed by atoms with Crippen LogP contribution in [0.5, 0.6) is 0 Å². The third-order valence-corrected chi connectivity index (χ3v) is 3.81. The van der Waals surface area contributed by atoms with Gasteiger partial charge in [-0.2, -0.15) is 0 Å². The molecular formula is C18H14N2. The Morgan fingerprint density at radius 2 is 1.55 bits per heavy atom. The first kappa shape index (κ1) is 11.2. The quantitative estimate of drug-likeness (QED) is 0.495. The Balaban J connectivity index is 1.98. The molecule has 0 atom stereocenters. The highest BCUT2D eigenvalue weighted by Gasteiger charge is 2.08. The molecule has 0 aliphatic carbocycles. The first-order valence-corrected chi connectivity index (χ1v) is 6.73. The highest BCUT2D eigenvalue weighted by Crippen LogP contribution is 2.27. The smallest absolute Gasteiger partial charge is 0.0874 e. The fourth-order valence-corrected chi connectivity index (χ4v) is 2.74. The van der Waals surface area contributed by atoms with Crippen LogP contribution in [0.1, 0.15) is 0 Å². The summed E-state index contributed by atoms with van der Waals surface area (Å²) in [5.74, 6) is 0. The van der Waals surface area contributed by atoms with Crippen molar-refractivity contribution >= 4 is 21.8 Å². The Labute approximate surface area is 117 Å². The van der Waals surface area contributed by atoms with E-state index in [0.29, 0.717) is 0 Å². The van der Waals surface area contributed by atoms with Crippen molar-refractivity contribution in [3.63, 3.8) is 0 Å². The van der Waals surface area contributed by atoms with Crippen LogP contribution in [0.2, 0.25) is 0 Å². The van der Waals surface area contributed by atoms with Crippen LogP contribution in [-0.2, 0) is 7.05 Å². The van der Waals surface area contributed by atoms with E-state index in [1.807, 2.05) is 12.1 Å². The van der Waals surface area contributed by atoms with Crippen molar-refractivity contribution in [2.24, 2.45) is 7.05 Å². The molecule has 0 spiro atoms. The van der Waals surface area contributed by atoms with Gasteiger partial charge >= 0.3 is 0 Å². The number of para-hydroxylation sites is 2. The van der Waals surface area contributed by atoms with Gasteiger partial charge in [-0.05, 0) is 24.3 Å². The minimum atomic E-state index is 1.02. The fraction of sp³-hybridized carbons (Fsp3) is 0.0556. The van der Waals surface area contributed by atoms with Crippen molar-refractivity contribution in [2.75, 3.05) is 0 Å². The molecule has 2 heterocycles. The van der Waals surface area contributed by atoms with Crippen LogP contribution in [-0.4, -0.2) is 9.55 Å². The lowest BCUT2D eigenvalue weighted by Crippen LogP contribution is -1.93. The van der Waals surface area contributed by atoms with E-state index in [1.165, 1.54) is 16.3 Å². The van der Waals surface area contributed by atoms with Crippen LogP contribution in [0.4, 0.5) is 0 Å². The van der Waals surface area contributed by atoms with Crippen LogP contribution < -0.4 is 0 Å². The van der Waals surface area contributed by atoms with Gasteiger partial charge in [0.05, 0.1) is 16.9 Å². The van der Waals surface area contributed by atoms with Gasteiger partial charge in [0, 0.05) is 23.3 Å². The second-order valence-electron chi connectivity index (χ2n) is 5.04. The molecule has 4 aromatic rings. The van der Waals surface area contributed by atoms with E-state index in [1.54, 1.807) is 0 Å². The van der Waals surface area contributed by atoms with Crippen molar-refractivity contribution in [1.82, 2.24) is 9.55 Å². The monoisotopic (exact) mass is 258 g/mol. The van der Waals surface area contributed by atoms with Crippen LogP contribution in [0, 0.1) is 0 Å². The molecule has 0 saturated heterocycles. The molecule has 0 fully saturated rings. The maximum Gasteiger partial charge on any atom is 0.0874 e. The molecule has 0 aliphatic heterocycles. The van der Waals surface area contributed by atoms with Gasteiger partial charge in [0.1, 0.15) is 0 Å².